The van der Waals surface area contributed by atoms with Crippen LogP contribution in [0.25, 0.3) is 5.70 Å². The van der Waals surface area contributed by atoms with Gasteiger partial charge in [-0.3, -0.25) is 10.3 Å². The molecule has 192 valence electrons. The zero-order chi connectivity index (χ0) is 25.8. The molecule has 0 unspecified atom stereocenters. The van der Waals surface area contributed by atoms with Crippen molar-refractivity contribution >= 4 is 28.9 Å². The number of hydroxylamine groups is 1. The summed E-state index contributed by atoms with van der Waals surface area (Å²) in [5.41, 5.74) is 5.01. The lowest BCUT2D eigenvalue weighted by Gasteiger charge is -2.17. The Hall–Kier alpha value is -2.35. The van der Waals surface area contributed by atoms with Crippen molar-refractivity contribution in [2.45, 2.75) is 45.7 Å². The molecule has 0 aliphatic rings. The second kappa shape index (κ2) is 14.3. The largest absolute Gasteiger partial charge is 0.493 e. The van der Waals surface area contributed by atoms with E-state index < -0.39 is 11.7 Å². The van der Waals surface area contributed by atoms with Crippen LogP contribution in [0.15, 0.2) is 53.5 Å². The van der Waals surface area contributed by atoms with E-state index in [-0.39, 0.29) is 11.1 Å². The molecule has 2 aromatic rings. The molecular weight excluding hydrogens is 502 g/mol. The van der Waals surface area contributed by atoms with Crippen molar-refractivity contribution in [2.75, 3.05) is 19.8 Å². The van der Waals surface area contributed by atoms with Crippen molar-refractivity contribution in [3.8, 4) is 11.5 Å². The highest BCUT2D eigenvalue weighted by Gasteiger charge is 2.30. The lowest BCUT2D eigenvalue weighted by atomic mass is 10.0. The summed E-state index contributed by atoms with van der Waals surface area (Å²) in [6.45, 7) is 9.12. The van der Waals surface area contributed by atoms with E-state index >= 15 is 0 Å². The third-order valence-electron chi connectivity index (χ3n) is 5.11. The van der Waals surface area contributed by atoms with Gasteiger partial charge in [-0.05, 0) is 72.7 Å². The standard InChI is InChI=1S/C26H30Cl2F3NO3/c1-4-19-16-23(33-15-12-24(27)28)17-20(5-2)25(19)34-13-6-7-14-35-32-18(3)21-8-10-22(11-9-21)26(29,30)31/h8-12,16-17,32H,3-7,13-15H2,1-2H3. The number of nitrogens with one attached hydrogen (secondary N) is 1. The maximum Gasteiger partial charge on any atom is 0.416 e. The Balaban J connectivity index is 1.77. The van der Waals surface area contributed by atoms with Gasteiger partial charge in [0.15, 0.2) is 0 Å². The molecule has 0 fully saturated rings. The van der Waals surface area contributed by atoms with Gasteiger partial charge in [-0.25, -0.2) is 0 Å². The van der Waals surface area contributed by atoms with Crippen molar-refractivity contribution < 1.29 is 27.5 Å². The molecule has 1 N–H and O–H groups in total. The van der Waals surface area contributed by atoms with Gasteiger partial charge in [0.2, 0.25) is 0 Å². The summed E-state index contributed by atoms with van der Waals surface area (Å²) in [6, 6.07) is 8.66. The van der Waals surface area contributed by atoms with Crippen molar-refractivity contribution in [1.82, 2.24) is 5.48 Å². The molecule has 0 radical (unpaired) electrons. The molecule has 2 aromatic carbocycles. The average Bonchev–Trinajstić information content (AvgIpc) is 2.82. The van der Waals surface area contributed by atoms with Crippen LogP contribution in [0.2, 0.25) is 0 Å². The summed E-state index contributed by atoms with van der Waals surface area (Å²) in [5, 5.41) is 0. The highest BCUT2D eigenvalue weighted by Crippen LogP contribution is 2.31. The topological polar surface area (TPSA) is 39.7 Å². The van der Waals surface area contributed by atoms with Gasteiger partial charge in [-0.1, -0.05) is 55.8 Å². The minimum Gasteiger partial charge on any atom is -0.493 e. The fourth-order valence-corrected chi connectivity index (χ4v) is 3.35. The Morgan fingerprint density at radius 1 is 0.971 bits per heavy atom. The van der Waals surface area contributed by atoms with Crippen LogP contribution < -0.4 is 15.0 Å². The second-order valence-corrected chi connectivity index (χ2v) is 8.65. The van der Waals surface area contributed by atoms with Gasteiger partial charge in [0.1, 0.15) is 22.6 Å². The molecule has 0 atom stereocenters. The SMILES string of the molecule is C=C(NOCCCCOc1c(CC)cc(OCC=C(Cl)Cl)cc1CC)c1ccc(C(F)(F)F)cc1. The Kier molecular flexibility index (Phi) is 11.8. The summed E-state index contributed by atoms with van der Waals surface area (Å²) in [5.74, 6) is 1.62. The normalized spacial score (nSPS) is 11.2. The first kappa shape index (κ1) is 28.9. The Bertz CT molecular complexity index is 963. The summed E-state index contributed by atoms with van der Waals surface area (Å²) in [6.07, 6.45) is 0.297. The summed E-state index contributed by atoms with van der Waals surface area (Å²) in [7, 11) is 0. The number of benzene rings is 2. The van der Waals surface area contributed by atoms with Crippen molar-refractivity contribution in [1.29, 1.82) is 0 Å². The average molecular weight is 532 g/mol. The highest BCUT2D eigenvalue weighted by molar-refractivity contribution is 6.55. The zero-order valence-corrected chi connectivity index (χ0v) is 21.3. The quantitative estimate of drug-likeness (QED) is 0.199. The van der Waals surface area contributed by atoms with Crippen LogP contribution in [0.3, 0.4) is 0 Å². The Morgan fingerprint density at radius 3 is 2.11 bits per heavy atom. The predicted octanol–water partition coefficient (Wildman–Crippen LogP) is 7.88. The van der Waals surface area contributed by atoms with E-state index in [9.17, 15) is 13.2 Å². The van der Waals surface area contributed by atoms with Crippen LogP contribution >= 0.6 is 23.2 Å². The predicted molar refractivity (Wildman–Crippen MR) is 135 cm³/mol. The van der Waals surface area contributed by atoms with Gasteiger partial charge in [0.05, 0.1) is 24.5 Å². The molecule has 0 saturated carbocycles. The molecule has 0 aliphatic heterocycles. The van der Waals surface area contributed by atoms with Crippen LogP contribution in [-0.2, 0) is 23.9 Å². The van der Waals surface area contributed by atoms with E-state index in [1.54, 1.807) is 6.08 Å². The lowest BCUT2D eigenvalue weighted by molar-refractivity contribution is -0.137. The van der Waals surface area contributed by atoms with Gasteiger partial charge in [0.25, 0.3) is 0 Å². The van der Waals surface area contributed by atoms with Gasteiger partial charge in [-0.15, -0.1) is 0 Å². The minimum absolute atomic E-state index is 0.166. The summed E-state index contributed by atoms with van der Waals surface area (Å²) < 4.78 is 50.0. The highest BCUT2D eigenvalue weighted by atomic mass is 35.5. The first-order valence-electron chi connectivity index (χ1n) is 11.3. The number of ether oxygens (including phenoxy) is 2. The van der Waals surface area contributed by atoms with Gasteiger partial charge in [0, 0.05) is 0 Å². The number of halogens is 5. The fraction of sp³-hybridized carbons (Fsp3) is 0.385. The number of alkyl halides is 3. The number of rotatable bonds is 14. The van der Waals surface area contributed by atoms with Crippen molar-refractivity contribution in [3.63, 3.8) is 0 Å². The Morgan fingerprint density at radius 2 is 1.57 bits per heavy atom. The fourth-order valence-electron chi connectivity index (χ4n) is 3.23. The zero-order valence-electron chi connectivity index (χ0n) is 19.8. The van der Waals surface area contributed by atoms with Crippen LogP contribution in [0.4, 0.5) is 13.2 Å². The third-order valence-corrected chi connectivity index (χ3v) is 5.42. The van der Waals surface area contributed by atoms with E-state index in [0.29, 0.717) is 24.5 Å². The smallest absolute Gasteiger partial charge is 0.416 e. The molecule has 0 aromatic heterocycles. The number of hydrogen-bond donors (Lipinski definition) is 1. The van der Waals surface area contributed by atoms with E-state index in [1.807, 2.05) is 12.1 Å². The third kappa shape index (κ3) is 9.67. The van der Waals surface area contributed by atoms with Gasteiger partial charge in [-0.2, -0.15) is 13.2 Å². The van der Waals surface area contributed by atoms with E-state index in [2.05, 4.69) is 25.9 Å². The van der Waals surface area contributed by atoms with Gasteiger partial charge >= 0.3 is 6.18 Å². The molecule has 0 heterocycles. The van der Waals surface area contributed by atoms with Crippen LogP contribution in [0, 0.1) is 0 Å². The van der Waals surface area contributed by atoms with E-state index in [1.165, 1.54) is 12.1 Å². The molecule has 0 bridgehead atoms. The molecular formula is C26H30Cl2F3NO3. The monoisotopic (exact) mass is 531 g/mol. The number of aryl methyl sites for hydroxylation is 2. The molecule has 4 nitrogen and oxygen atoms in total. The number of hydrogen-bond acceptors (Lipinski definition) is 4. The maximum absolute atomic E-state index is 12.7. The second-order valence-electron chi connectivity index (χ2n) is 7.64. The van der Waals surface area contributed by atoms with Crippen molar-refractivity contribution in [3.05, 3.63) is 75.8 Å². The first-order chi connectivity index (χ1) is 16.7. The Labute approximate surface area is 214 Å². The van der Waals surface area contributed by atoms with Crippen LogP contribution in [-0.4, -0.2) is 19.8 Å². The summed E-state index contributed by atoms with van der Waals surface area (Å²) in [4.78, 5) is 5.39. The summed E-state index contributed by atoms with van der Waals surface area (Å²) >= 11 is 11.3. The minimum atomic E-state index is -4.37. The molecule has 35 heavy (non-hydrogen) atoms. The molecule has 2 rings (SSSR count). The maximum atomic E-state index is 12.7. The molecule has 0 saturated heterocycles. The van der Waals surface area contributed by atoms with E-state index in [0.717, 1.165) is 60.4 Å². The molecule has 0 spiro atoms. The van der Waals surface area contributed by atoms with Gasteiger partial charge < -0.3 is 9.47 Å². The van der Waals surface area contributed by atoms with Crippen molar-refractivity contribution in [2.24, 2.45) is 0 Å². The molecule has 0 aliphatic carbocycles. The van der Waals surface area contributed by atoms with Crippen LogP contribution in [0.1, 0.15) is 48.9 Å². The molecule has 9 heteroatoms. The first-order valence-corrected chi connectivity index (χ1v) is 12.1. The molecule has 0 amide bonds. The van der Waals surface area contributed by atoms with E-state index in [4.69, 9.17) is 37.5 Å². The number of unbranched alkanes of at least 4 members (excludes halogenated alkanes) is 1. The van der Waals surface area contributed by atoms with Crippen LogP contribution in [0.5, 0.6) is 11.5 Å². The lowest BCUT2D eigenvalue weighted by Crippen LogP contribution is -2.14.